The fourth-order valence-corrected chi connectivity index (χ4v) is 2.08. The van der Waals surface area contributed by atoms with Crippen LogP contribution in [0.25, 0.3) is 0 Å². The van der Waals surface area contributed by atoms with Gasteiger partial charge in [0.15, 0.2) is 0 Å². The monoisotopic (exact) mass is 250 g/mol. The summed E-state index contributed by atoms with van der Waals surface area (Å²) in [7, 11) is 0. The van der Waals surface area contributed by atoms with Crippen LogP contribution < -0.4 is 5.32 Å². The quantitative estimate of drug-likeness (QED) is 0.740. The van der Waals surface area contributed by atoms with Crippen molar-refractivity contribution in [3.05, 3.63) is 23.4 Å². The first-order valence-corrected chi connectivity index (χ1v) is 6.27. The van der Waals surface area contributed by atoms with Gasteiger partial charge < -0.3 is 15.5 Å². The molecule has 0 amide bonds. The maximum Gasteiger partial charge on any atom is 0.335 e. The number of nitrogens with zero attached hydrogens (tertiary/aromatic N) is 1. The van der Waals surface area contributed by atoms with E-state index in [1.807, 2.05) is 6.92 Å². The molecule has 2 rings (SSSR count). The summed E-state index contributed by atoms with van der Waals surface area (Å²) in [4.78, 5) is 15.4. The number of pyridine rings is 1. The van der Waals surface area contributed by atoms with Crippen LogP contribution in [-0.2, 0) is 6.42 Å². The molecule has 0 unspecified atom stereocenters. The number of carboxylic acids is 1. The van der Waals surface area contributed by atoms with Gasteiger partial charge >= 0.3 is 5.97 Å². The van der Waals surface area contributed by atoms with Crippen LogP contribution in [0.1, 0.15) is 42.2 Å². The zero-order valence-corrected chi connectivity index (χ0v) is 10.4. The fourth-order valence-electron chi connectivity index (χ4n) is 2.08. The lowest BCUT2D eigenvalue weighted by atomic mass is 9.89. The molecule has 1 aromatic rings. The Morgan fingerprint density at radius 3 is 2.78 bits per heavy atom. The Kier molecular flexibility index (Phi) is 3.81. The number of carbonyl (C=O) groups is 1. The Morgan fingerprint density at radius 2 is 2.22 bits per heavy atom. The van der Waals surface area contributed by atoms with E-state index < -0.39 is 5.97 Å². The summed E-state index contributed by atoms with van der Waals surface area (Å²) in [5, 5.41) is 21.4. The van der Waals surface area contributed by atoms with Crippen molar-refractivity contribution in [3.63, 3.8) is 0 Å². The zero-order chi connectivity index (χ0) is 13.1. The third kappa shape index (κ3) is 2.98. The van der Waals surface area contributed by atoms with Crippen molar-refractivity contribution in [2.45, 2.75) is 44.8 Å². The van der Waals surface area contributed by atoms with Gasteiger partial charge in [-0.2, -0.15) is 0 Å². The molecule has 0 atom stereocenters. The lowest BCUT2D eigenvalue weighted by molar-refractivity contribution is 0.0695. The number of hydrogen-bond donors (Lipinski definition) is 3. The predicted molar refractivity (Wildman–Crippen MR) is 67.8 cm³/mol. The molecule has 1 aliphatic carbocycles. The number of aliphatic hydroxyl groups is 1. The van der Waals surface area contributed by atoms with Crippen molar-refractivity contribution < 1.29 is 15.0 Å². The minimum Gasteiger partial charge on any atom is -0.478 e. The molecule has 0 bridgehead atoms. The van der Waals surface area contributed by atoms with Crippen LogP contribution in [-0.4, -0.2) is 33.3 Å². The molecule has 3 N–H and O–H groups in total. The number of aromatic carboxylic acids is 1. The second-order valence-corrected chi connectivity index (χ2v) is 4.75. The molecule has 1 heterocycles. The molecule has 5 nitrogen and oxygen atoms in total. The maximum absolute atomic E-state index is 11.0. The van der Waals surface area contributed by atoms with Gasteiger partial charge in [-0.15, -0.1) is 0 Å². The molecule has 1 saturated carbocycles. The third-order valence-corrected chi connectivity index (χ3v) is 3.10. The molecule has 0 spiro atoms. The molecule has 18 heavy (non-hydrogen) atoms. The second-order valence-electron chi connectivity index (χ2n) is 4.75. The maximum atomic E-state index is 11.0. The van der Waals surface area contributed by atoms with Gasteiger partial charge in [0.25, 0.3) is 0 Å². The molecule has 0 aromatic carbocycles. The number of aromatic nitrogens is 1. The van der Waals surface area contributed by atoms with Crippen LogP contribution in [0.5, 0.6) is 0 Å². The largest absolute Gasteiger partial charge is 0.478 e. The molecule has 1 aliphatic rings. The molecule has 0 radical (unpaired) electrons. The lowest BCUT2D eigenvalue weighted by Crippen LogP contribution is -2.39. The van der Waals surface area contributed by atoms with Crippen LogP contribution in [0.3, 0.4) is 0 Å². The fraction of sp³-hybridized carbons (Fsp3) is 0.538. The summed E-state index contributed by atoms with van der Waals surface area (Å²) < 4.78 is 0. The van der Waals surface area contributed by atoms with E-state index in [2.05, 4.69) is 10.3 Å². The molecule has 1 aromatic heterocycles. The van der Waals surface area contributed by atoms with Gasteiger partial charge in [-0.1, -0.05) is 13.3 Å². The Bertz CT molecular complexity index is 442. The van der Waals surface area contributed by atoms with Crippen LogP contribution in [0.2, 0.25) is 0 Å². The smallest absolute Gasteiger partial charge is 0.335 e. The molecule has 98 valence electrons. The zero-order valence-electron chi connectivity index (χ0n) is 10.4. The molecule has 0 aliphatic heterocycles. The van der Waals surface area contributed by atoms with Gasteiger partial charge in [0.1, 0.15) is 5.82 Å². The lowest BCUT2D eigenvalue weighted by Gasteiger charge is -2.32. The van der Waals surface area contributed by atoms with Gasteiger partial charge in [0, 0.05) is 11.7 Å². The number of nitrogens with one attached hydrogen (secondary N) is 1. The molecule has 1 fully saturated rings. The van der Waals surface area contributed by atoms with E-state index in [4.69, 9.17) is 5.11 Å². The van der Waals surface area contributed by atoms with Crippen molar-refractivity contribution in [2.75, 3.05) is 5.32 Å². The van der Waals surface area contributed by atoms with Crippen molar-refractivity contribution in [3.8, 4) is 0 Å². The number of carboxylic acid groups (broad SMARTS) is 1. The van der Waals surface area contributed by atoms with Crippen molar-refractivity contribution in [1.29, 1.82) is 0 Å². The van der Waals surface area contributed by atoms with Crippen LogP contribution in [0, 0.1) is 0 Å². The number of aryl methyl sites for hydroxylation is 1. The summed E-state index contributed by atoms with van der Waals surface area (Å²) in [6.45, 7) is 2.03. The van der Waals surface area contributed by atoms with Crippen LogP contribution >= 0.6 is 0 Å². The van der Waals surface area contributed by atoms with E-state index in [0.717, 1.165) is 18.5 Å². The Balaban J connectivity index is 2.14. The Morgan fingerprint density at radius 1 is 1.50 bits per heavy atom. The average molecular weight is 250 g/mol. The van der Waals surface area contributed by atoms with Gasteiger partial charge in [-0.25, -0.2) is 9.78 Å². The predicted octanol–water partition coefficient (Wildman–Crippen LogP) is 1.67. The molecular weight excluding hydrogens is 232 g/mol. The normalized spacial score (nSPS) is 22.3. The van der Waals surface area contributed by atoms with E-state index in [-0.39, 0.29) is 17.7 Å². The molecular formula is C13H18N2O3. The summed E-state index contributed by atoms with van der Waals surface area (Å²) in [6.07, 6.45) is 2.85. The Hall–Kier alpha value is -1.62. The van der Waals surface area contributed by atoms with E-state index in [1.54, 1.807) is 12.1 Å². The van der Waals surface area contributed by atoms with Crippen molar-refractivity contribution >= 4 is 11.8 Å². The first-order chi connectivity index (χ1) is 8.58. The van der Waals surface area contributed by atoms with E-state index in [9.17, 15) is 9.90 Å². The summed E-state index contributed by atoms with van der Waals surface area (Å²) in [5.41, 5.74) is 1.05. The first-order valence-electron chi connectivity index (χ1n) is 6.27. The third-order valence-electron chi connectivity index (χ3n) is 3.10. The second kappa shape index (κ2) is 5.35. The van der Waals surface area contributed by atoms with E-state index in [1.165, 1.54) is 0 Å². The van der Waals surface area contributed by atoms with Crippen LogP contribution in [0.15, 0.2) is 12.1 Å². The highest BCUT2D eigenvalue weighted by Crippen LogP contribution is 2.24. The highest BCUT2D eigenvalue weighted by atomic mass is 16.4. The summed E-state index contributed by atoms with van der Waals surface area (Å²) in [5.74, 6) is -0.346. The van der Waals surface area contributed by atoms with Gasteiger partial charge in [0.05, 0.1) is 11.7 Å². The SMILES string of the molecule is CCCc1cc(C(=O)O)cc(NC2CC(O)C2)n1. The van der Waals surface area contributed by atoms with Crippen molar-refractivity contribution in [2.24, 2.45) is 0 Å². The van der Waals surface area contributed by atoms with Gasteiger partial charge in [-0.3, -0.25) is 0 Å². The summed E-state index contributed by atoms with van der Waals surface area (Å²) in [6, 6.07) is 3.37. The highest BCUT2D eigenvalue weighted by Gasteiger charge is 2.27. The molecule has 5 heteroatoms. The summed E-state index contributed by atoms with van der Waals surface area (Å²) >= 11 is 0. The standard InChI is InChI=1S/C13H18N2O3/c1-2-3-9-4-8(13(17)18)5-12(14-9)15-10-6-11(16)7-10/h4-5,10-11,16H,2-3,6-7H2,1H3,(H,14,15)(H,17,18). The number of hydrogen-bond acceptors (Lipinski definition) is 4. The highest BCUT2D eigenvalue weighted by molar-refractivity contribution is 5.88. The van der Waals surface area contributed by atoms with Gasteiger partial charge in [0.2, 0.25) is 0 Å². The number of rotatable bonds is 5. The number of anilines is 1. The van der Waals surface area contributed by atoms with Gasteiger partial charge in [-0.05, 0) is 31.4 Å². The van der Waals surface area contributed by atoms with Crippen LogP contribution in [0.4, 0.5) is 5.82 Å². The molecule has 0 saturated heterocycles. The first kappa shape index (κ1) is 12.8. The van der Waals surface area contributed by atoms with Crippen molar-refractivity contribution in [1.82, 2.24) is 4.98 Å². The Labute approximate surface area is 106 Å². The minimum absolute atomic E-state index is 0.200. The van der Waals surface area contributed by atoms with E-state index >= 15 is 0 Å². The number of aliphatic hydroxyl groups excluding tert-OH is 1. The minimum atomic E-state index is -0.938. The topological polar surface area (TPSA) is 82.5 Å². The average Bonchev–Trinajstić information content (AvgIpc) is 2.27. The van der Waals surface area contributed by atoms with E-state index in [0.29, 0.717) is 18.7 Å².